The van der Waals surface area contributed by atoms with E-state index in [0.29, 0.717) is 12.3 Å². The first-order valence-corrected chi connectivity index (χ1v) is 5.07. The molecule has 1 unspecified atom stereocenters. The Hall–Kier alpha value is -0.570. The highest BCUT2D eigenvalue weighted by Crippen LogP contribution is 2.39. The standard InChI is InChI=1S/C10H17NO2/c1-13-10(12)4-7-2-8-5-11-6-9(8)3-7/h7-9,11H,2-6H2,1H3/t7-,8-,9?/m0/s1. The average Bonchev–Trinajstić information content (AvgIpc) is 2.63. The number of rotatable bonds is 2. The van der Waals surface area contributed by atoms with Crippen molar-refractivity contribution >= 4 is 5.97 Å². The lowest BCUT2D eigenvalue weighted by Crippen LogP contribution is -2.14. The minimum absolute atomic E-state index is 0.0436. The number of nitrogens with one attached hydrogen (secondary N) is 1. The van der Waals surface area contributed by atoms with E-state index in [1.54, 1.807) is 0 Å². The van der Waals surface area contributed by atoms with E-state index in [1.807, 2.05) is 0 Å². The molecule has 0 spiro atoms. The number of esters is 1. The lowest BCUT2D eigenvalue weighted by Gasteiger charge is -2.08. The van der Waals surface area contributed by atoms with Crippen molar-refractivity contribution in [2.75, 3.05) is 20.2 Å². The molecule has 1 saturated heterocycles. The Morgan fingerprint density at radius 3 is 2.54 bits per heavy atom. The summed E-state index contributed by atoms with van der Waals surface area (Å²) in [6, 6.07) is 0. The van der Waals surface area contributed by atoms with Gasteiger partial charge in [0.15, 0.2) is 0 Å². The van der Waals surface area contributed by atoms with Crippen molar-refractivity contribution < 1.29 is 9.53 Å². The molecule has 0 radical (unpaired) electrons. The Bertz CT molecular complexity index is 193. The Labute approximate surface area is 78.8 Å². The summed E-state index contributed by atoms with van der Waals surface area (Å²) in [6.07, 6.45) is 3.06. The first-order chi connectivity index (χ1) is 6.29. The van der Waals surface area contributed by atoms with E-state index in [4.69, 9.17) is 0 Å². The second-order valence-corrected chi connectivity index (χ2v) is 4.30. The summed E-state index contributed by atoms with van der Waals surface area (Å²) in [5.41, 5.74) is 0. The molecule has 1 saturated carbocycles. The van der Waals surface area contributed by atoms with Crippen LogP contribution in [0.1, 0.15) is 19.3 Å². The second-order valence-electron chi connectivity index (χ2n) is 4.30. The van der Waals surface area contributed by atoms with Gasteiger partial charge in [0, 0.05) is 6.42 Å². The number of hydrogen-bond donors (Lipinski definition) is 1. The van der Waals surface area contributed by atoms with Crippen molar-refractivity contribution in [3.63, 3.8) is 0 Å². The maximum absolute atomic E-state index is 11.0. The van der Waals surface area contributed by atoms with Crippen LogP contribution in [0.3, 0.4) is 0 Å². The van der Waals surface area contributed by atoms with E-state index in [9.17, 15) is 4.79 Å². The molecule has 13 heavy (non-hydrogen) atoms. The molecule has 0 aromatic heterocycles. The fourth-order valence-corrected chi connectivity index (χ4v) is 2.78. The molecule has 3 nitrogen and oxygen atoms in total. The number of hydrogen-bond acceptors (Lipinski definition) is 3. The SMILES string of the molecule is COC(=O)C[C@@H]1CC2CNC[C@@H]2C1. The van der Waals surface area contributed by atoms with Gasteiger partial charge in [0.05, 0.1) is 7.11 Å². The van der Waals surface area contributed by atoms with E-state index < -0.39 is 0 Å². The number of fused-ring (bicyclic) bond motifs is 1. The fraction of sp³-hybridized carbons (Fsp3) is 0.900. The van der Waals surface area contributed by atoms with Crippen LogP contribution in [0.15, 0.2) is 0 Å². The van der Waals surface area contributed by atoms with Crippen LogP contribution >= 0.6 is 0 Å². The summed E-state index contributed by atoms with van der Waals surface area (Å²) in [6.45, 7) is 2.31. The van der Waals surface area contributed by atoms with Gasteiger partial charge in [-0.25, -0.2) is 0 Å². The van der Waals surface area contributed by atoms with Gasteiger partial charge >= 0.3 is 5.97 Å². The minimum atomic E-state index is -0.0436. The van der Waals surface area contributed by atoms with Gasteiger partial charge in [-0.3, -0.25) is 4.79 Å². The number of carbonyl (C=O) groups excluding carboxylic acids is 1. The molecule has 0 bridgehead atoms. The Morgan fingerprint density at radius 1 is 1.38 bits per heavy atom. The van der Waals surface area contributed by atoms with Crippen LogP contribution in [0.5, 0.6) is 0 Å². The molecule has 1 aliphatic heterocycles. The Balaban J connectivity index is 1.82. The van der Waals surface area contributed by atoms with Crippen molar-refractivity contribution in [1.29, 1.82) is 0 Å². The van der Waals surface area contributed by atoms with Crippen LogP contribution in [0.2, 0.25) is 0 Å². The van der Waals surface area contributed by atoms with Crippen LogP contribution in [-0.2, 0) is 9.53 Å². The van der Waals surface area contributed by atoms with Crippen LogP contribution in [-0.4, -0.2) is 26.2 Å². The average molecular weight is 183 g/mol. The lowest BCUT2D eigenvalue weighted by atomic mass is 10.0. The quantitative estimate of drug-likeness (QED) is 0.643. The van der Waals surface area contributed by atoms with Crippen LogP contribution in [0.25, 0.3) is 0 Å². The van der Waals surface area contributed by atoms with E-state index in [2.05, 4.69) is 10.1 Å². The van der Waals surface area contributed by atoms with Crippen LogP contribution in [0.4, 0.5) is 0 Å². The van der Waals surface area contributed by atoms with Crippen LogP contribution in [0, 0.1) is 17.8 Å². The van der Waals surface area contributed by atoms with Crippen molar-refractivity contribution in [2.45, 2.75) is 19.3 Å². The zero-order valence-corrected chi connectivity index (χ0v) is 8.08. The molecule has 0 aromatic carbocycles. The van der Waals surface area contributed by atoms with Gasteiger partial charge in [-0.15, -0.1) is 0 Å². The highest BCUT2D eigenvalue weighted by Gasteiger charge is 2.37. The fourth-order valence-electron chi connectivity index (χ4n) is 2.78. The largest absolute Gasteiger partial charge is 0.469 e. The number of methoxy groups -OCH3 is 1. The summed E-state index contributed by atoms with van der Waals surface area (Å²) in [5, 5.41) is 3.40. The predicted octanol–water partition coefficient (Wildman–Crippen LogP) is 0.795. The van der Waals surface area contributed by atoms with E-state index in [0.717, 1.165) is 24.9 Å². The van der Waals surface area contributed by atoms with Gasteiger partial charge < -0.3 is 10.1 Å². The molecule has 2 rings (SSSR count). The molecular formula is C10H17NO2. The third kappa shape index (κ3) is 1.85. The molecule has 3 heteroatoms. The van der Waals surface area contributed by atoms with E-state index in [-0.39, 0.29) is 5.97 Å². The van der Waals surface area contributed by atoms with Gasteiger partial charge in [0.1, 0.15) is 0 Å². The molecule has 0 amide bonds. The van der Waals surface area contributed by atoms with Gasteiger partial charge in [-0.2, -0.15) is 0 Å². The monoisotopic (exact) mass is 183 g/mol. The number of ether oxygens (including phenoxy) is 1. The maximum atomic E-state index is 11.0. The summed E-state index contributed by atoms with van der Waals surface area (Å²) in [7, 11) is 1.47. The summed E-state index contributed by atoms with van der Waals surface area (Å²) >= 11 is 0. The van der Waals surface area contributed by atoms with Crippen molar-refractivity contribution in [2.24, 2.45) is 17.8 Å². The third-order valence-electron chi connectivity index (χ3n) is 3.43. The first kappa shape index (κ1) is 9.00. The zero-order chi connectivity index (χ0) is 9.26. The highest BCUT2D eigenvalue weighted by atomic mass is 16.5. The highest BCUT2D eigenvalue weighted by molar-refractivity contribution is 5.69. The topological polar surface area (TPSA) is 38.3 Å². The predicted molar refractivity (Wildman–Crippen MR) is 49.2 cm³/mol. The molecule has 74 valence electrons. The van der Waals surface area contributed by atoms with Crippen molar-refractivity contribution in [3.8, 4) is 0 Å². The van der Waals surface area contributed by atoms with Gasteiger partial charge in [0.25, 0.3) is 0 Å². The molecule has 2 fully saturated rings. The van der Waals surface area contributed by atoms with Gasteiger partial charge in [-0.05, 0) is 43.7 Å². The molecule has 1 aliphatic carbocycles. The molecule has 1 heterocycles. The second kappa shape index (κ2) is 3.66. The smallest absolute Gasteiger partial charge is 0.305 e. The molecule has 0 aromatic rings. The molecular weight excluding hydrogens is 166 g/mol. The normalized spacial score (nSPS) is 37.5. The van der Waals surface area contributed by atoms with Crippen molar-refractivity contribution in [3.05, 3.63) is 0 Å². The molecule has 1 N–H and O–H groups in total. The maximum Gasteiger partial charge on any atom is 0.305 e. The van der Waals surface area contributed by atoms with Crippen molar-refractivity contribution in [1.82, 2.24) is 5.32 Å². The van der Waals surface area contributed by atoms with E-state index >= 15 is 0 Å². The Kier molecular flexibility index (Phi) is 2.54. The lowest BCUT2D eigenvalue weighted by molar-refractivity contribution is -0.141. The molecule has 2 aliphatic rings. The van der Waals surface area contributed by atoms with Crippen LogP contribution < -0.4 is 5.32 Å². The molecule has 3 atom stereocenters. The van der Waals surface area contributed by atoms with Gasteiger partial charge in [-0.1, -0.05) is 0 Å². The summed E-state index contributed by atoms with van der Waals surface area (Å²) in [4.78, 5) is 11.0. The number of carbonyl (C=O) groups is 1. The summed E-state index contributed by atoms with van der Waals surface area (Å²) < 4.78 is 4.68. The first-order valence-electron chi connectivity index (χ1n) is 5.07. The summed E-state index contributed by atoms with van der Waals surface area (Å²) in [5.74, 6) is 2.20. The van der Waals surface area contributed by atoms with E-state index in [1.165, 1.54) is 20.0 Å². The zero-order valence-electron chi connectivity index (χ0n) is 8.08. The Morgan fingerprint density at radius 2 is 2.00 bits per heavy atom. The third-order valence-corrected chi connectivity index (χ3v) is 3.43. The minimum Gasteiger partial charge on any atom is -0.469 e. The van der Waals surface area contributed by atoms with Gasteiger partial charge in [0.2, 0.25) is 0 Å².